The summed E-state index contributed by atoms with van der Waals surface area (Å²) in [4.78, 5) is 0. The summed E-state index contributed by atoms with van der Waals surface area (Å²) in [7, 11) is 0. The van der Waals surface area contributed by atoms with Gasteiger partial charge in [-0.1, -0.05) is 6.92 Å². The van der Waals surface area contributed by atoms with E-state index in [1.807, 2.05) is 0 Å². The maximum atomic E-state index is 12.0. The van der Waals surface area contributed by atoms with Gasteiger partial charge in [0.2, 0.25) is 0 Å². The Balaban J connectivity index is 2.27. The fourth-order valence-electron chi connectivity index (χ4n) is 2.26. The van der Waals surface area contributed by atoms with Crippen molar-refractivity contribution in [2.24, 2.45) is 11.7 Å². The van der Waals surface area contributed by atoms with Crippen molar-refractivity contribution < 1.29 is 17.9 Å². The Kier molecular flexibility index (Phi) is 5.25. The van der Waals surface area contributed by atoms with Gasteiger partial charge in [-0.2, -0.15) is 13.2 Å². The third-order valence-electron chi connectivity index (χ3n) is 3.57. The zero-order valence-electron chi connectivity index (χ0n) is 10.4. The smallest absolute Gasteiger partial charge is 0.374 e. The summed E-state index contributed by atoms with van der Waals surface area (Å²) in [5.74, 6) is 0.674. The van der Waals surface area contributed by atoms with E-state index in [-0.39, 0.29) is 18.6 Å². The molecule has 102 valence electrons. The second kappa shape index (κ2) is 6.05. The van der Waals surface area contributed by atoms with Crippen LogP contribution in [0.2, 0.25) is 0 Å². The van der Waals surface area contributed by atoms with Crippen LogP contribution < -0.4 is 5.73 Å². The monoisotopic (exact) mass is 253 g/mol. The highest BCUT2D eigenvalue weighted by atomic mass is 19.4. The van der Waals surface area contributed by atoms with Gasteiger partial charge in [0.15, 0.2) is 0 Å². The highest BCUT2D eigenvalue weighted by Crippen LogP contribution is 2.34. The molecule has 0 aliphatic heterocycles. The van der Waals surface area contributed by atoms with Crippen molar-refractivity contribution in [1.82, 2.24) is 0 Å². The van der Waals surface area contributed by atoms with Crippen LogP contribution in [-0.2, 0) is 4.74 Å². The lowest BCUT2D eigenvalue weighted by Crippen LogP contribution is -2.44. The molecule has 0 heterocycles. The molecule has 0 saturated heterocycles. The second-order valence-corrected chi connectivity index (χ2v) is 5.14. The van der Waals surface area contributed by atoms with E-state index in [0.717, 1.165) is 25.7 Å². The molecule has 1 aliphatic carbocycles. The highest BCUT2D eigenvalue weighted by molar-refractivity contribution is 4.87. The Labute approximate surface area is 101 Å². The van der Waals surface area contributed by atoms with Gasteiger partial charge in [0.1, 0.15) is 0 Å². The maximum absolute atomic E-state index is 12.0. The molecule has 2 nitrogen and oxygen atoms in total. The Bertz CT molecular complexity index is 222. The van der Waals surface area contributed by atoms with Crippen LogP contribution in [0.15, 0.2) is 0 Å². The van der Waals surface area contributed by atoms with Crippen molar-refractivity contribution in [2.45, 2.75) is 57.2 Å². The zero-order valence-corrected chi connectivity index (χ0v) is 10.4. The first kappa shape index (κ1) is 14.8. The lowest BCUT2D eigenvalue weighted by atomic mass is 9.79. The van der Waals surface area contributed by atoms with Crippen molar-refractivity contribution in [3.05, 3.63) is 0 Å². The molecule has 0 bridgehead atoms. The summed E-state index contributed by atoms with van der Waals surface area (Å²) < 4.78 is 41.5. The standard InChI is InChI=1S/C12H22F3NO/c1-10-3-6-11(9-16,7-4-10)17-8-2-5-12(13,14)15/h10H,2-9,16H2,1H3. The molecule has 0 radical (unpaired) electrons. The first-order valence-corrected chi connectivity index (χ1v) is 6.28. The van der Waals surface area contributed by atoms with Crippen LogP contribution >= 0.6 is 0 Å². The summed E-state index contributed by atoms with van der Waals surface area (Å²) >= 11 is 0. The number of rotatable bonds is 5. The van der Waals surface area contributed by atoms with Gasteiger partial charge in [-0.15, -0.1) is 0 Å². The van der Waals surface area contributed by atoms with E-state index in [1.54, 1.807) is 0 Å². The molecule has 1 saturated carbocycles. The average molecular weight is 253 g/mol. The van der Waals surface area contributed by atoms with Gasteiger partial charge in [-0.25, -0.2) is 0 Å². The molecule has 5 heteroatoms. The molecule has 0 unspecified atom stereocenters. The molecule has 2 N–H and O–H groups in total. The van der Waals surface area contributed by atoms with E-state index in [0.29, 0.717) is 12.5 Å². The van der Waals surface area contributed by atoms with Gasteiger partial charge < -0.3 is 10.5 Å². The zero-order chi connectivity index (χ0) is 12.9. The first-order valence-electron chi connectivity index (χ1n) is 6.28. The maximum Gasteiger partial charge on any atom is 0.389 e. The van der Waals surface area contributed by atoms with Crippen molar-refractivity contribution in [1.29, 1.82) is 0 Å². The normalized spacial score (nSPS) is 30.5. The number of hydrogen-bond acceptors (Lipinski definition) is 2. The third kappa shape index (κ3) is 5.25. The lowest BCUT2D eigenvalue weighted by Gasteiger charge is -2.38. The predicted octanol–water partition coefficient (Wildman–Crippen LogP) is 3.25. The average Bonchev–Trinajstić information content (AvgIpc) is 2.26. The first-order chi connectivity index (χ1) is 7.87. The Hall–Kier alpha value is -0.290. The van der Waals surface area contributed by atoms with E-state index in [2.05, 4.69) is 6.92 Å². The highest BCUT2D eigenvalue weighted by Gasteiger charge is 2.34. The largest absolute Gasteiger partial charge is 0.389 e. The van der Waals surface area contributed by atoms with Crippen molar-refractivity contribution in [2.75, 3.05) is 13.2 Å². The molecule has 0 atom stereocenters. The van der Waals surface area contributed by atoms with E-state index in [1.165, 1.54) is 0 Å². The molecule has 0 aromatic rings. The summed E-state index contributed by atoms with van der Waals surface area (Å²) in [6.07, 6.45) is -0.981. The van der Waals surface area contributed by atoms with Gasteiger partial charge in [0.05, 0.1) is 5.60 Å². The molecule has 0 spiro atoms. The number of alkyl halides is 3. The molecule has 0 amide bonds. The van der Waals surface area contributed by atoms with Crippen LogP contribution in [-0.4, -0.2) is 24.9 Å². The van der Waals surface area contributed by atoms with Gasteiger partial charge in [0, 0.05) is 19.6 Å². The number of nitrogens with two attached hydrogens (primary N) is 1. The third-order valence-corrected chi connectivity index (χ3v) is 3.57. The Morgan fingerprint density at radius 3 is 2.35 bits per heavy atom. The number of ether oxygens (including phenoxy) is 1. The number of halogens is 3. The molecule has 17 heavy (non-hydrogen) atoms. The van der Waals surface area contributed by atoms with E-state index >= 15 is 0 Å². The van der Waals surface area contributed by atoms with Crippen LogP contribution in [0.3, 0.4) is 0 Å². The van der Waals surface area contributed by atoms with E-state index in [9.17, 15) is 13.2 Å². The Morgan fingerprint density at radius 2 is 1.88 bits per heavy atom. The molecule has 0 aromatic carbocycles. The van der Waals surface area contributed by atoms with Gasteiger partial charge in [-0.05, 0) is 38.0 Å². The minimum atomic E-state index is -4.08. The summed E-state index contributed by atoms with van der Waals surface area (Å²) in [5.41, 5.74) is 5.34. The predicted molar refractivity (Wildman–Crippen MR) is 60.7 cm³/mol. The minimum absolute atomic E-state index is 0.0286. The van der Waals surface area contributed by atoms with Crippen molar-refractivity contribution >= 4 is 0 Å². The summed E-state index contributed by atoms with van der Waals surface area (Å²) in [5, 5.41) is 0. The molecule has 0 aromatic heterocycles. The van der Waals surface area contributed by atoms with Gasteiger partial charge in [-0.3, -0.25) is 0 Å². The molecule has 1 aliphatic rings. The number of hydrogen-bond donors (Lipinski definition) is 1. The van der Waals surface area contributed by atoms with E-state index < -0.39 is 12.6 Å². The van der Waals surface area contributed by atoms with Crippen molar-refractivity contribution in [3.63, 3.8) is 0 Å². The molecule has 1 fully saturated rings. The van der Waals surface area contributed by atoms with Crippen LogP contribution in [0, 0.1) is 5.92 Å². The summed E-state index contributed by atoms with van der Waals surface area (Å²) in [6.45, 7) is 2.75. The molecule has 1 rings (SSSR count). The van der Waals surface area contributed by atoms with Crippen molar-refractivity contribution in [3.8, 4) is 0 Å². The molecular weight excluding hydrogens is 231 g/mol. The minimum Gasteiger partial charge on any atom is -0.374 e. The Morgan fingerprint density at radius 1 is 1.29 bits per heavy atom. The topological polar surface area (TPSA) is 35.2 Å². The van der Waals surface area contributed by atoms with Crippen LogP contribution in [0.4, 0.5) is 13.2 Å². The van der Waals surface area contributed by atoms with Gasteiger partial charge >= 0.3 is 6.18 Å². The molecular formula is C12H22F3NO. The fraction of sp³-hybridized carbons (Fsp3) is 1.00. The second-order valence-electron chi connectivity index (χ2n) is 5.14. The SMILES string of the molecule is CC1CCC(CN)(OCCCC(F)(F)F)CC1. The van der Waals surface area contributed by atoms with Gasteiger partial charge in [0.25, 0.3) is 0 Å². The quantitative estimate of drug-likeness (QED) is 0.763. The van der Waals surface area contributed by atoms with Crippen LogP contribution in [0.5, 0.6) is 0 Å². The van der Waals surface area contributed by atoms with Crippen LogP contribution in [0.25, 0.3) is 0 Å². The fourth-order valence-corrected chi connectivity index (χ4v) is 2.26. The van der Waals surface area contributed by atoms with Crippen LogP contribution in [0.1, 0.15) is 45.4 Å². The lowest BCUT2D eigenvalue weighted by molar-refractivity contribution is -0.143. The van der Waals surface area contributed by atoms with E-state index in [4.69, 9.17) is 10.5 Å². The summed E-state index contributed by atoms with van der Waals surface area (Å²) in [6, 6.07) is 0.